The molecule has 2 rings (SSSR count). The zero-order valence-corrected chi connectivity index (χ0v) is 11.8. The van der Waals surface area contributed by atoms with Gasteiger partial charge >= 0.3 is 0 Å². The van der Waals surface area contributed by atoms with E-state index in [0.29, 0.717) is 0 Å². The van der Waals surface area contributed by atoms with Crippen molar-refractivity contribution in [1.82, 2.24) is 10.2 Å². The minimum atomic E-state index is 0.805. The summed E-state index contributed by atoms with van der Waals surface area (Å²) in [5, 5.41) is 3.62. The first-order chi connectivity index (χ1) is 8.83. The van der Waals surface area contributed by atoms with E-state index in [4.69, 9.17) is 0 Å². The van der Waals surface area contributed by atoms with Crippen LogP contribution in [0.3, 0.4) is 0 Å². The molecule has 1 aliphatic carbocycles. The first-order valence-corrected chi connectivity index (χ1v) is 7.33. The summed E-state index contributed by atoms with van der Waals surface area (Å²) in [5.41, 5.74) is 3.13. The summed E-state index contributed by atoms with van der Waals surface area (Å²) >= 11 is 0. The smallest absolute Gasteiger partial charge is 0.0107 e. The van der Waals surface area contributed by atoms with Crippen LogP contribution in [0.4, 0.5) is 0 Å². The minimum Gasteiger partial charge on any atom is -0.315 e. The van der Waals surface area contributed by atoms with Crippen molar-refractivity contribution in [3.63, 3.8) is 0 Å². The molecule has 0 fully saturated rings. The predicted molar refractivity (Wildman–Crippen MR) is 78.0 cm³/mol. The van der Waals surface area contributed by atoms with Crippen LogP contribution in [0.15, 0.2) is 24.3 Å². The van der Waals surface area contributed by atoms with Gasteiger partial charge in [0, 0.05) is 13.1 Å². The van der Waals surface area contributed by atoms with Crippen LogP contribution in [0.2, 0.25) is 0 Å². The SMILES string of the molecule is CCN(CC)CCNCC1Cc2ccccc2C1. The molecule has 1 N–H and O–H groups in total. The fourth-order valence-corrected chi connectivity index (χ4v) is 2.88. The third-order valence-electron chi connectivity index (χ3n) is 4.07. The molecular formula is C16H26N2. The molecule has 1 aromatic carbocycles. The van der Waals surface area contributed by atoms with Crippen LogP contribution < -0.4 is 5.32 Å². The molecule has 100 valence electrons. The lowest BCUT2D eigenvalue weighted by Crippen LogP contribution is -2.34. The molecule has 2 heteroatoms. The maximum atomic E-state index is 3.62. The van der Waals surface area contributed by atoms with E-state index in [0.717, 1.165) is 32.1 Å². The first-order valence-electron chi connectivity index (χ1n) is 7.33. The van der Waals surface area contributed by atoms with Crippen LogP contribution >= 0.6 is 0 Å². The largest absolute Gasteiger partial charge is 0.315 e. The number of hydrogen-bond donors (Lipinski definition) is 1. The molecule has 1 aliphatic rings. The summed E-state index contributed by atoms with van der Waals surface area (Å²) < 4.78 is 0. The second-order valence-corrected chi connectivity index (χ2v) is 5.27. The maximum absolute atomic E-state index is 3.62. The van der Waals surface area contributed by atoms with Crippen LogP contribution in [0.1, 0.15) is 25.0 Å². The van der Waals surface area contributed by atoms with Crippen molar-refractivity contribution in [3.05, 3.63) is 35.4 Å². The number of fused-ring (bicyclic) bond motifs is 1. The highest BCUT2D eigenvalue weighted by molar-refractivity contribution is 5.32. The van der Waals surface area contributed by atoms with Gasteiger partial charge < -0.3 is 10.2 Å². The maximum Gasteiger partial charge on any atom is 0.0107 e. The summed E-state index contributed by atoms with van der Waals surface area (Å²) in [6.07, 6.45) is 2.52. The quantitative estimate of drug-likeness (QED) is 0.743. The highest BCUT2D eigenvalue weighted by Crippen LogP contribution is 2.25. The molecule has 2 nitrogen and oxygen atoms in total. The summed E-state index contributed by atoms with van der Waals surface area (Å²) in [4.78, 5) is 2.47. The Kier molecular flexibility index (Phi) is 5.21. The van der Waals surface area contributed by atoms with Crippen molar-refractivity contribution in [2.45, 2.75) is 26.7 Å². The molecule has 0 atom stereocenters. The van der Waals surface area contributed by atoms with Gasteiger partial charge in [-0.25, -0.2) is 0 Å². The van der Waals surface area contributed by atoms with Crippen molar-refractivity contribution in [1.29, 1.82) is 0 Å². The van der Waals surface area contributed by atoms with Gasteiger partial charge in [0.25, 0.3) is 0 Å². The van der Waals surface area contributed by atoms with Gasteiger partial charge in [0.05, 0.1) is 0 Å². The summed E-state index contributed by atoms with van der Waals surface area (Å²) in [6, 6.07) is 8.89. The van der Waals surface area contributed by atoms with E-state index >= 15 is 0 Å². The van der Waals surface area contributed by atoms with Crippen LogP contribution in [-0.4, -0.2) is 37.6 Å². The Morgan fingerprint density at radius 1 is 1.11 bits per heavy atom. The minimum absolute atomic E-state index is 0.805. The van der Waals surface area contributed by atoms with Crippen molar-refractivity contribution >= 4 is 0 Å². The van der Waals surface area contributed by atoms with Gasteiger partial charge in [-0.3, -0.25) is 0 Å². The Morgan fingerprint density at radius 3 is 2.28 bits per heavy atom. The molecule has 0 saturated heterocycles. The third kappa shape index (κ3) is 3.56. The van der Waals surface area contributed by atoms with Crippen molar-refractivity contribution in [2.24, 2.45) is 5.92 Å². The molecule has 0 heterocycles. The van der Waals surface area contributed by atoms with Gasteiger partial charge in [-0.1, -0.05) is 38.1 Å². The molecule has 0 amide bonds. The number of nitrogens with one attached hydrogen (secondary N) is 1. The molecule has 0 saturated carbocycles. The Labute approximate surface area is 111 Å². The normalized spacial score (nSPS) is 15.3. The molecule has 0 aromatic heterocycles. The molecule has 1 aromatic rings. The monoisotopic (exact) mass is 246 g/mol. The van der Waals surface area contributed by atoms with Gasteiger partial charge in [-0.05, 0) is 49.5 Å². The van der Waals surface area contributed by atoms with E-state index in [9.17, 15) is 0 Å². The molecule has 0 spiro atoms. The zero-order chi connectivity index (χ0) is 12.8. The fraction of sp³-hybridized carbons (Fsp3) is 0.625. The number of nitrogens with zero attached hydrogens (tertiary/aromatic N) is 1. The van der Waals surface area contributed by atoms with Crippen LogP contribution in [-0.2, 0) is 12.8 Å². The van der Waals surface area contributed by atoms with Crippen LogP contribution in [0, 0.1) is 5.92 Å². The van der Waals surface area contributed by atoms with Crippen LogP contribution in [0.25, 0.3) is 0 Å². The number of hydrogen-bond acceptors (Lipinski definition) is 2. The lowest BCUT2D eigenvalue weighted by atomic mass is 10.1. The Balaban J connectivity index is 1.65. The van der Waals surface area contributed by atoms with Gasteiger partial charge in [0.15, 0.2) is 0 Å². The number of rotatable bonds is 7. The Bertz CT molecular complexity index is 333. The van der Waals surface area contributed by atoms with Gasteiger partial charge in [-0.2, -0.15) is 0 Å². The lowest BCUT2D eigenvalue weighted by Gasteiger charge is -2.19. The van der Waals surface area contributed by atoms with Crippen molar-refractivity contribution in [3.8, 4) is 0 Å². The first kappa shape index (κ1) is 13.6. The van der Waals surface area contributed by atoms with E-state index in [2.05, 4.69) is 48.3 Å². The molecule has 0 radical (unpaired) electrons. The van der Waals surface area contributed by atoms with Crippen molar-refractivity contribution in [2.75, 3.05) is 32.7 Å². The van der Waals surface area contributed by atoms with E-state index in [-0.39, 0.29) is 0 Å². The third-order valence-corrected chi connectivity index (χ3v) is 4.07. The highest BCUT2D eigenvalue weighted by atomic mass is 15.1. The second kappa shape index (κ2) is 6.91. The molecule has 0 bridgehead atoms. The van der Waals surface area contributed by atoms with Gasteiger partial charge in [0.1, 0.15) is 0 Å². The van der Waals surface area contributed by atoms with E-state index in [1.807, 2.05) is 0 Å². The van der Waals surface area contributed by atoms with E-state index in [1.54, 1.807) is 11.1 Å². The molecule has 0 unspecified atom stereocenters. The lowest BCUT2D eigenvalue weighted by molar-refractivity contribution is 0.299. The van der Waals surface area contributed by atoms with Crippen molar-refractivity contribution < 1.29 is 0 Å². The molecular weight excluding hydrogens is 220 g/mol. The van der Waals surface area contributed by atoms with Gasteiger partial charge in [-0.15, -0.1) is 0 Å². The summed E-state index contributed by atoms with van der Waals surface area (Å²) in [6.45, 7) is 10.2. The fourth-order valence-electron chi connectivity index (χ4n) is 2.88. The Morgan fingerprint density at radius 2 is 1.72 bits per heavy atom. The Hall–Kier alpha value is -0.860. The topological polar surface area (TPSA) is 15.3 Å². The number of likely N-dealkylation sites (N-methyl/N-ethyl adjacent to an activating group) is 1. The number of benzene rings is 1. The zero-order valence-electron chi connectivity index (χ0n) is 11.8. The van der Waals surface area contributed by atoms with Crippen LogP contribution in [0.5, 0.6) is 0 Å². The predicted octanol–water partition coefficient (Wildman–Crippen LogP) is 2.33. The standard InChI is InChI=1S/C16H26N2/c1-3-18(4-2)10-9-17-13-14-11-15-7-5-6-8-16(15)12-14/h5-8,14,17H,3-4,9-13H2,1-2H3. The highest BCUT2D eigenvalue weighted by Gasteiger charge is 2.20. The summed E-state index contributed by atoms with van der Waals surface area (Å²) in [7, 11) is 0. The average molecular weight is 246 g/mol. The average Bonchev–Trinajstić information content (AvgIpc) is 2.81. The van der Waals surface area contributed by atoms with E-state index in [1.165, 1.54) is 19.4 Å². The summed E-state index contributed by atoms with van der Waals surface area (Å²) in [5.74, 6) is 0.805. The van der Waals surface area contributed by atoms with Gasteiger partial charge in [0.2, 0.25) is 0 Å². The second-order valence-electron chi connectivity index (χ2n) is 5.27. The molecule has 18 heavy (non-hydrogen) atoms. The molecule has 0 aliphatic heterocycles. The van der Waals surface area contributed by atoms with E-state index < -0.39 is 0 Å².